The molecule has 1 heterocycles. The Labute approximate surface area is 252 Å². The highest BCUT2D eigenvalue weighted by Gasteiger charge is 2.52. The van der Waals surface area contributed by atoms with Gasteiger partial charge in [-0.3, -0.25) is 19.4 Å². The molecule has 0 saturated heterocycles. The van der Waals surface area contributed by atoms with Crippen LogP contribution >= 0.6 is 11.6 Å². The molecule has 226 valence electrons. The van der Waals surface area contributed by atoms with Gasteiger partial charge in [-0.25, -0.2) is 4.39 Å². The van der Waals surface area contributed by atoms with Crippen LogP contribution < -0.4 is 5.32 Å². The monoisotopic (exact) mass is 597 g/mol. The molecule has 2 N–H and O–H groups in total. The predicted molar refractivity (Wildman–Crippen MR) is 162 cm³/mol. The van der Waals surface area contributed by atoms with Crippen LogP contribution in [0.25, 0.3) is 0 Å². The molecule has 2 aromatic carbocycles. The maximum Gasteiger partial charge on any atom is 0.305 e. The Morgan fingerprint density at radius 1 is 1.10 bits per heavy atom. The van der Waals surface area contributed by atoms with Crippen LogP contribution in [0.4, 0.5) is 4.39 Å². The number of carbonyl (C=O) groups excluding carboxylic acids is 2. The van der Waals surface area contributed by atoms with E-state index in [4.69, 9.17) is 21.7 Å². The number of carbonyl (C=O) groups is 3. The standard InChI is InChI=1S/C33H41ClFN3O4/c1-20(2)5-10-28(23-6-8-24(9-7-23)31(41)36-16-13-29(39)40)38-32(42)30(25-17-26(34)19-27(35)18-25)37-33(38)14-11-22(12-15-33)21(3)4/h6-9,17-22,28H,5,10-16H2,1-4H3,(H,36,41)(H,39,40). The van der Waals surface area contributed by atoms with Gasteiger partial charge in [-0.2, -0.15) is 0 Å². The van der Waals surface area contributed by atoms with Crippen LogP contribution in [0, 0.1) is 23.6 Å². The molecule has 1 unspecified atom stereocenters. The molecule has 9 heteroatoms. The Balaban J connectivity index is 1.71. The van der Waals surface area contributed by atoms with E-state index in [0.717, 1.165) is 37.7 Å². The highest BCUT2D eigenvalue weighted by atomic mass is 35.5. The van der Waals surface area contributed by atoms with Gasteiger partial charge in [0, 0.05) is 22.7 Å². The second-order valence-corrected chi connectivity index (χ2v) is 12.8. The molecule has 1 atom stereocenters. The molecule has 1 aliphatic carbocycles. The summed E-state index contributed by atoms with van der Waals surface area (Å²) in [5.74, 6) is -0.600. The van der Waals surface area contributed by atoms with Crippen LogP contribution in [0.3, 0.4) is 0 Å². The average Bonchev–Trinajstić information content (AvgIpc) is 3.20. The normalized spacial score (nSPS) is 21.2. The molecule has 2 aromatic rings. The molecule has 0 radical (unpaired) electrons. The van der Waals surface area contributed by atoms with Crippen molar-refractivity contribution in [3.05, 3.63) is 70.0 Å². The third kappa shape index (κ3) is 7.20. The van der Waals surface area contributed by atoms with Crippen molar-refractivity contribution < 1.29 is 23.9 Å². The van der Waals surface area contributed by atoms with Crippen LogP contribution in [0.5, 0.6) is 0 Å². The summed E-state index contributed by atoms with van der Waals surface area (Å²) in [6, 6.07) is 11.0. The minimum absolute atomic E-state index is 0.0410. The highest BCUT2D eigenvalue weighted by Crippen LogP contribution is 2.48. The predicted octanol–water partition coefficient (Wildman–Crippen LogP) is 7.03. The number of nitrogens with one attached hydrogen (secondary N) is 1. The summed E-state index contributed by atoms with van der Waals surface area (Å²) in [4.78, 5) is 44.8. The molecule has 42 heavy (non-hydrogen) atoms. The zero-order valence-electron chi connectivity index (χ0n) is 24.8. The van der Waals surface area contributed by atoms with Crippen LogP contribution in [-0.2, 0) is 9.59 Å². The van der Waals surface area contributed by atoms with Crippen molar-refractivity contribution in [2.75, 3.05) is 6.54 Å². The van der Waals surface area contributed by atoms with Crippen molar-refractivity contribution in [1.29, 1.82) is 0 Å². The van der Waals surface area contributed by atoms with Gasteiger partial charge in [-0.05, 0) is 92.2 Å². The van der Waals surface area contributed by atoms with Crippen LogP contribution in [-0.4, -0.2) is 45.7 Å². The van der Waals surface area contributed by atoms with E-state index in [1.807, 2.05) is 17.0 Å². The maximum atomic E-state index is 14.4. The zero-order valence-corrected chi connectivity index (χ0v) is 25.6. The van der Waals surface area contributed by atoms with Crippen molar-refractivity contribution in [2.24, 2.45) is 22.7 Å². The molecule has 1 spiro atoms. The summed E-state index contributed by atoms with van der Waals surface area (Å²) >= 11 is 6.19. The van der Waals surface area contributed by atoms with E-state index in [2.05, 4.69) is 33.0 Å². The maximum absolute atomic E-state index is 14.4. The smallest absolute Gasteiger partial charge is 0.305 e. The zero-order chi connectivity index (χ0) is 30.6. The van der Waals surface area contributed by atoms with E-state index in [-0.39, 0.29) is 41.6 Å². The van der Waals surface area contributed by atoms with Gasteiger partial charge in [0.25, 0.3) is 11.8 Å². The summed E-state index contributed by atoms with van der Waals surface area (Å²) in [6.07, 6.45) is 4.74. The molecule has 7 nitrogen and oxygen atoms in total. The molecule has 0 aromatic heterocycles. The number of hydrogen-bond acceptors (Lipinski definition) is 4. The second kappa shape index (κ2) is 13.4. The molecular weight excluding hydrogens is 557 g/mol. The Morgan fingerprint density at radius 2 is 1.76 bits per heavy atom. The molecule has 1 fully saturated rings. The van der Waals surface area contributed by atoms with Crippen LogP contribution in [0.2, 0.25) is 5.02 Å². The van der Waals surface area contributed by atoms with E-state index in [1.165, 1.54) is 12.1 Å². The van der Waals surface area contributed by atoms with Crippen LogP contribution in [0.1, 0.15) is 100 Å². The van der Waals surface area contributed by atoms with Crippen molar-refractivity contribution in [1.82, 2.24) is 10.2 Å². The van der Waals surface area contributed by atoms with Gasteiger partial charge in [0.05, 0.1) is 12.5 Å². The van der Waals surface area contributed by atoms with Gasteiger partial charge in [0.1, 0.15) is 17.2 Å². The molecule has 1 saturated carbocycles. The van der Waals surface area contributed by atoms with Gasteiger partial charge >= 0.3 is 5.97 Å². The third-order valence-corrected chi connectivity index (χ3v) is 8.83. The fraction of sp³-hybridized carbons (Fsp3) is 0.515. The van der Waals surface area contributed by atoms with Crippen molar-refractivity contribution in [3.63, 3.8) is 0 Å². The van der Waals surface area contributed by atoms with Gasteiger partial charge in [-0.15, -0.1) is 0 Å². The first kappa shape index (κ1) is 31.7. The van der Waals surface area contributed by atoms with E-state index < -0.39 is 17.4 Å². The summed E-state index contributed by atoms with van der Waals surface area (Å²) in [5.41, 5.74) is 1.19. The van der Waals surface area contributed by atoms with Gasteiger partial charge in [0.15, 0.2) is 0 Å². The first-order valence-corrected chi connectivity index (χ1v) is 15.3. The number of aliphatic carboxylic acids is 1. The van der Waals surface area contributed by atoms with E-state index >= 15 is 0 Å². The van der Waals surface area contributed by atoms with Crippen LogP contribution in [0.15, 0.2) is 47.5 Å². The molecule has 4 rings (SSSR count). The number of benzene rings is 2. The molecular formula is C33H41ClFN3O4. The van der Waals surface area contributed by atoms with Crippen molar-refractivity contribution >= 4 is 35.1 Å². The minimum atomic E-state index is -0.979. The van der Waals surface area contributed by atoms with Gasteiger partial charge < -0.3 is 15.3 Å². The number of hydrogen-bond donors (Lipinski definition) is 2. The summed E-state index contributed by atoms with van der Waals surface area (Å²) in [6.45, 7) is 8.80. The average molecular weight is 598 g/mol. The van der Waals surface area contributed by atoms with E-state index in [1.54, 1.807) is 18.2 Å². The lowest BCUT2D eigenvalue weighted by Crippen LogP contribution is -2.51. The summed E-state index contributed by atoms with van der Waals surface area (Å²) < 4.78 is 14.4. The number of carboxylic acid groups (broad SMARTS) is 1. The quantitative estimate of drug-likeness (QED) is 0.290. The number of rotatable bonds is 11. The topological polar surface area (TPSA) is 99.1 Å². The number of halogens is 2. The molecule has 2 amide bonds. The lowest BCUT2D eigenvalue weighted by atomic mass is 9.75. The Kier molecular flexibility index (Phi) is 10.1. The number of carboxylic acids is 1. The van der Waals surface area contributed by atoms with Gasteiger partial charge in [-0.1, -0.05) is 51.4 Å². The highest BCUT2D eigenvalue weighted by molar-refractivity contribution is 6.47. The molecule has 2 aliphatic rings. The molecule has 0 bridgehead atoms. The number of aliphatic imine (C=N–C) groups is 1. The SMILES string of the molecule is CC(C)CCC(c1ccc(C(=O)NCCC(=O)O)cc1)N1C(=O)C(c2cc(F)cc(Cl)c2)=NC12CCC(C(C)C)CC2. The van der Waals surface area contributed by atoms with E-state index in [9.17, 15) is 18.8 Å². The van der Waals surface area contributed by atoms with Crippen molar-refractivity contribution in [2.45, 2.75) is 84.3 Å². The largest absolute Gasteiger partial charge is 0.481 e. The minimum Gasteiger partial charge on any atom is -0.481 e. The van der Waals surface area contributed by atoms with Gasteiger partial charge in [0.2, 0.25) is 0 Å². The summed E-state index contributed by atoms with van der Waals surface area (Å²) in [5, 5.41) is 11.7. The second-order valence-electron chi connectivity index (χ2n) is 12.4. The van der Waals surface area contributed by atoms with E-state index in [0.29, 0.717) is 35.3 Å². The fourth-order valence-electron chi connectivity index (χ4n) is 6.22. The summed E-state index contributed by atoms with van der Waals surface area (Å²) in [7, 11) is 0. The number of amides is 2. The Morgan fingerprint density at radius 3 is 2.33 bits per heavy atom. The molecule has 1 aliphatic heterocycles. The number of nitrogens with zero attached hydrogens (tertiary/aromatic N) is 2. The Hall–Kier alpha value is -3.26. The van der Waals surface area contributed by atoms with Crippen molar-refractivity contribution in [3.8, 4) is 0 Å². The lowest BCUT2D eigenvalue weighted by molar-refractivity contribution is -0.137. The first-order chi connectivity index (χ1) is 19.9. The first-order valence-electron chi connectivity index (χ1n) is 14.9. The Bertz CT molecular complexity index is 1310. The fourth-order valence-corrected chi connectivity index (χ4v) is 6.44. The lowest BCUT2D eigenvalue weighted by Gasteiger charge is -2.46. The third-order valence-electron chi connectivity index (χ3n) is 8.61.